The Morgan fingerprint density at radius 1 is 0.241 bits per heavy atom. The molecule has 0 fully saturated rings. The molecule has 0 saturated heterocycles. The van der Waals surface area contributed by atoms with Crippen LogP contribution in [0.3, 0.4) is 0 Å². The number of hydrogen-bond donors (Lipinski definition) is 0. The van der Waals surface area contributed by atoms with Crippen molar-refractivity contribution in [2.24, 2.45) is 0 Å². The van der Waals surface area contributed by atoms with Gasteiger partial charge in [-0.15, -0.1) is 0 Å². The quantitative estimate of drug-likeness (QED) is 0.0926. The van der Waals surface area contributed by atoms with Crippen LogP contribution < -0.4 is 31.1 Å². The fourth-order valence-corrected chi connectivity index (χ4v) is 16.2. The molecule has 0 radical (unpaired) electrons. The number of hydrogen-bond acceptors (Lipinski definition) is 0. The monoisotopic (exact) mass is 722 g/mol. The third-order valence-electron chi connectivity index (χ3n) is 10.5. The van der Waals surface area contributed by atoms with Crippen molar-refractivity contribution in [1.82, 2.24) is 0 Å². The van der Waals surface area contributed by atoms with E-state index < -0.39 is 16.1 Å². The minimum absolute atomic E-state index is 1.19. The van der Waals surface area contributed by atoms with Crippen molar-refractivity contribution in [2.45, 2.75) is 0 Å². The second-order valence-electron chi connectivity index (χ2n) is 13.7. The number of rotatable bonds is 11. The lowest BCUT2D eigenvalue weighted by Crippen LogP contribution is -2.66. The second-order valence-corrected chi connectivity index (χ2v) is 21.1. The lowest BCUT2D eigenvalue weighted by molar-refractivity contribution is 1.58. The van der Waals surface area contributed by atoms with Crippen LogP contribution in [0.2, 0.25) is 0 Å². The van der Waals surface area contributed by atoms with Crippen molar-refractivity contribution in [3.8, 4) is 11.1 Å². The molecule has 0 saturated carbocycles. The first kappa shape index (κ1) is 34.7. The van der Waals surface area contributed by atoms with Crippen molar-refractivity contribution >= 4 is 59.4 Å². The van der Waals surface area contributed by atoms with Crippen LogP contribution in [-0.4, -0.2) is 16.1 Å². The molecule has 258 valence electrons. The van der Waals surface area contributed by atoms with Crippen molar-refractivity contribution in [1.29, 1.82) is 0 Å². The summed E-state index contributed by atoms with van der Waals surface area (Å²) in [6.07, 6.45) is 4.71. The van der Waals surface area contributed by atoms with Gasteiger partial charge in [0.2, 0.25) is 0 Å². The van der Waals surface area contributed by atoms with Crippen LogP contribution in [0, 0.1) is 0 Å². The van der Waals surface area contributed by atoms with E-state index in [0.717, 1.165) is 0 Å². The zero-order valence-electron chi connectivity index (χ0n) is 30.2. The van der Waals surface area contributed by atoms with Crippen molar-refractivity contribution in [3.63, 3.8) is 0 Å². The normalized spacial score (nSPS) is 11.9. The minimum Gasteiger partial charge on any atom is -0.0812 e. The Labute approximate surface area is 322 Å². The molecule has 0 amide bonds. The van der Waals surface area contributed by atoms with Gasteiger partial charge in [-0.25, -0.2) is 0 Å². The Morgan fingerprint density at radius 3 is 0.722 bits per heavy atom. The first-order valence-electron chi connectivity index (χ1n) is 18.7. The Morgan fingerprint density at radius 2 is 0.481 bits per heavy atom. The predicted molar refractivity (Wildman–Crippen MR) is 238 cm³/mol. The minimum atomic E-state index is -2.51. The van der Waals surface area contributed by atoms with E-state index >= 15 is 0 Å². The van der Waals surface area contributed by atoms with Crippen LogP contribution in [0.15, 0.2) is 242 Å². The maximum Gasteiger partial charge on any atom is 0.172 e. The molecule has 8 aromatic rings. The largest absolute Gasteiger partial charge is 0.172 e. The van der Waals surface area contributed by atoms with Gasteiger partial charge < -0.3 is 0 Å². The van der Waals surface area contributed by atoms with Crippen LogP contribution in [0.25, 0.3) is 23.3 Å². The summed E-state index contributed by atoms with van der Waals surface area (Å²) in [6, 6.07) is 84.3. The van der Waals surface area contributed by atoms with Gasteiger partial charge in [0.15, 0.2) is 16.1 Å². The van der Waals surface area contributed by atoms with Gasteiger partial charge in [-0.05, 0) is 65.5 Å². The summed E-state index contributed by atoms with van der Waals surface area (Å²) in [6.45, 7) is 0. The standard InChI is InChI=1S/C52H42Si2/c1-7-25-47(26-8-1)53(48-27-9-2-10-28-48,49-29-11-3-12-30-49)39-37-43-21-19-23-45(41-43)46-24-20-22-44(42-46)38-40-54(50-31-13-4-14-32-50,51-33-15-5-16-34-51)52-35-17-6-18-36-52/h1-42H. The molecule has 54 heavy (non-hydrogen) atoms. The lowest BCUT2D eigenvalue weighted by atomic mass is 10.0. The molecule has 0 spiro atoms. The molecule has 0 heterocycles. The van der Waals surface area contributed by atoms with E-state index in [1.165, 1.54) is 53.4 Å². The van der Waals surface area contributed by atoms with Gasteiger partial charge in [0.05, 0.1) is 0 Å². The summed E-state index contributed by atoms with van der Waals surface area (Å²) in [5.74, 6) is 0. The van der Waals surface area contributed by atoms with E-state index in [-0.39, 0.29) is 0 Å². The molecule has 0 atom stereocenters. The van der Waals surface area contributed by atoms with Gasteiger partial charge in [-0.2, -0.15) is 0 Å². The third-order valence-corrected chi connectivity index (χ3v) is 19.3. The highest BCUT2D eigenvalue weighted by Crippen LogP contribution is 2.24. The van der Waals surface area contributed by atoms with Gasteiger partial charge >= 0.3 is 0 Å². The Hall–Kier alpha value is -6.33. The van der Waals surface area contributed by atoms with Crippen LogP contribution in [0.1, 0.15) is 11.1 Å². The molecule has 8 rings (SSSR count). The van der Waals surface area contributed by atoms with Gasteiger partial charge in [-0.3, -0.25) is 0 Å². The topological polar surface area (TPSA) is 0 Å². The molecule has 2 heteroatoms. The van der Waals surface area contributed by atoms with E-state index in [4.69, 9.17) is 0 Å². The van der Waals surface area contributed by atoms with Gasteiger partial charge in [0, 0.05) is 0 Å². The zero-order valence-corrected chi connectivity index (χ0v) is 32.2. The van der Waals surface area contributed by atoms with E-state index in [2.05, 4.69) is 254 Å². The molecule has 0 N–H and O–H groups in total. The second kappa shape index (κ2) is 16.1. The van der Waals surface area contributed by atoms with Crippen molar-refractivity contribution in [2.75, 3.05) is 0 Å². The van der Waals surface area contributed by atoms with Gasteiger partial charge in [0.1, 0.15) is 0 Å². The molecule has 0 unspecified atom stereocenters. The maximum atomic E-state index is 2.52. The highest BCUT2D eigenvalue weighted by Gasteiger charge is 2.37. The SMILES string of the molecule is C(=C[Si](c1ccccc1)(c1ccccc1)c1ccccc1)c1cccc(-c2cccc(C=C[Si](c3ccccc3)(c3ccccc3)c3ccccc3)c2)c1. The first-order chi connectivity index (χ1) is 26.8. The highest BCUT2D eigenvalue weighted by molar-refractivity contribution is 7.15. The molecule has 0 aliphatic heterocycles. The molecule has 0 aromatic heterocycles. The average molecular weight is 723 g/mol. The van der Waals surface area contributed by atoms with E-state index in [9.17, 15) is 0 Å². The summed E-state index contributed by atoms with van der Waals surface area (Å²) in [7, 11) is -5.02. The van der Waals surface area contributed by atoms with E-state index in [1.54, 1.807) is 0 Å². The van der Waals surface area contributed by atoms with Crippen LogP contribution in [-0.2, 0) is 0 Å². The molecule has 0 aliphatic rings. The van der Waals surface area contributed by atoms with Crippen LogP contribution >= 0.6 is 0 Å². The number of benzene rings is 8. The average Bonchev–Trinajstić information content (AvgIpc) is 3.27. The smallest absolute Gasteiger partial charge is 0.0812 e. The summed E-state index contributed by atoms with van der Waals surface area (Å²) in [5, 5.41) is 8.22. The van der Waals surface area contributed by atoms with Gasteiger partial charge in [-0.1, -0.05) is 242 Å². The van der Waals surface area contributed by atoms with Crippen molar-refractivity contribution < 1.29 is 0 Å². The van der Waals surface area contributed by atoms with E-state index in [0.29, 0.717) is 0 Å². The Kier molecular flexibility index (Phi) is 10.4. The first-order valence-corrected chi connectivity index (χ1v) is 22.8. The molecular weight excluding hydrogens is 681 g/mol. The third kappa shape index (κ3) is 7.05. The molecular formula is C52H42Si2. The van der Waals surface area contributed by atoms with Gasteiger partial charge in [0.25, 0.3) is 0 Å². The molecule has 0 bridgehead atoms. The molecule has 0 nitrogen and oxygen atoms in total. The molecule has 8 aromatic carbocycles. The summed E-state index contributed by atoms with van der Waals surface area (Å²) < 4.78 is 0. The highest BCUT2D eigenvalue weighted by atomic mass is 28.3. The zero-order chi connectivity index (χ0) is 36.5. The van der Waals surface area contributed by atoms with E-state index in [1.807, 2.05) is 0 Å². The maximum absolute atomic E-state index is 2.52. The summed E-state index contributed by atoms with van der Waals surface area (Å²) in [5.41, 5.74) is 9.83. The van der Waals surface area contributed by atoms with Crippen LogP contribution in [0.4, 0.5) is 0 Å². The molecule has 0 aliphatic carbocycles. The fourth-order valence-electron chi connectivity index (χ4n) is 7.87. The summed E-state index contributed by atoms with van der Waals surface area (Å²) in [4.78, 5) is 0. The lowest BCUT2D eigenvalue weighted by Gasteiger charge is -2.30. The van der Waals surface area contributed by atoms with Crippen LogP contribution in [0.5, 0.6) is 0 Å². The summed E-state index contributed by atoms with van der Waals surface area (Å²) >= 11 is 0. The predicted octanol–water partition coefficient (Wildman–Crippen LogP) is 8.80. The Balaban J connectivity index is 1.19. The fraction of sp³-hybridized carbons (Fsp3) is 0. The Bertz CT molecular complexity index is 2090. The van der Waals surface area contributed by atoms with Crippen molar-refractivity contribution in [3.05, 3.63) is 253 Å².